The first-order valence-electron chi connectivity index (χ1n) is 21.2. The number of nitrogens with zero attached hydrogens (tertiary/aromatic N) is 1. The minimum absolute atomic E-state index is 0.133. The summed E-state index contributed by atoms with van der Waals surface area (Å²) in [7, 11) is 0. The van der Waals surface area contributed by atoms with Crippen LogP contribution in [0.2, 0.25) is 0 Å². The summed E-state index contributed by atoms with van der Waals surface area (Å²) in [5, 5.41) is 5.46. The monoisotopic (exact) mass is 708 g/mol. The minimum atomic E-state index is -0.429. The highest BCUT2D eigenvalue weighted by Gasteiger charge is 2.36. The van der Waals surface area contributed by atoms with Crippen LogP contribution in [0, 0.1) is 0 Å². The predicted molar refractivity (Wildman–Crippen MR) is 232 cm³/mol. The maximum atomic E-state index is 9.15. The Bertz CT molecular complexity index is 3380. The highest BCUT2D eigenvalue weighted by molar-refractivity contribution is 6.33. The molecule has 1 aliphatic rings. The molecular weight excluding hydrogens is 667 g/mol. The fraction of sp³-hybridized carbons (Fsp3) is 0.0566. The van der Waals surface area contributed by atoms with Gasteiger partial charge in [0.25, 0.3) is 0 Å². The molecule has 0 bridgehead atoms. The summed E-state index contributed by atoms with van der Waals surface area (Å²) in [5.41, 5.74) is 11.4. The second kappa shape index (κ2) is 12.1. The Kier molecular flexibility index (Phi) is 5.88. The van der Waals surface area contributed by atoms with E-state index in [9.17, 15) is 0 Å². The molecule has 1 heterocycles. The van der Waals surface area contributed by atoms with Crippen LogP contribution >= 0.6 is 0 Å². The van der Waals surface area contributed by atoms with Crippen molar-refractivity contribution in [1.29, 1.82) is 0 Å². The molecule has 10 aromatic rings. The summed E-state index contributed by atoms with van der Waals surface area (Å²) >= 11 is 0. The number of hydrogen-bond acceptors (Lipinski definition) is 2. The van der Waals surface area contributed by atoms with Crippen molar-refractivity contribution >= 4 is 60.5 Å². The lowest BCUT2D eigenvalue weighted by Crippen LogP contribution is -2.16. The van der Waals surface area contributed by atoms with Crippen molar-refractivity contribution in [2.75, 3.05) is 4.90 Å². The molecule has 260 valence electrons. The molecule has 1 aromatic heterocycles. The van der Waals surface area contributed by atoms with Gasteiger partial charge in [0.05, 0.1) is 12.5 Å². The van der Waals surface area contributed by atoms with Gasteiger partial charge in [-0.15, -0.1) is 0 Å². The molecule has 1 aliphatic carbocycles. The highest BCUT2D eigenvalue weighted by Crippen LogP contribution is 2.53. The standard InChI is InChI=1S/C53H37NO/c1-53(2)46-24-14-13-21-42(46)43-30-29-38(33-47(43)53)54(37-27-25-35(26-28-37)34-15-5-3-6-16-34)48-32-31-39(36-17-7-4-8-18-36)49-50-44-22-11-9-19-40(44)41-20-10-12-23-45(41)51(50)55-52(48)49/h3-33H,1-2H3/i4D,7D,8D,17D,18D. The van der Waals surface area contributed by atoms with Crippen molar-refractivity contribution in [1.82, 2.24) is 0 Å². The van der Waals surface area contributed by atoms with Gasteiger partial charge in [-0.2, -0.15) is 0 Å². The van der Waals surface area contributed by atoms with Gasteiger partial charge >= 0.3 is 0 Å². The molecule has 0 amide bonds. The number of rotatable bonds is 5. The fourth-order valence-corrected chi connectivity index (χ4v) is 8.95. The molecule has 0 saturated heterocycles. The quantitative estimate of drug-likeness (QED) is 0.166. The van der Waals surface area contributed by atoms with E-state index in [2.05, 4.69) is 122 Å². The van der Waals surface area contributed by atoms with E-state index < -0.39 is 6.04 Å². The second-order valence-corrected chi connectivity index (χ2v) is 14.9. The van der Waals surface area contributed by atoms with Crippen LogP contribution in [0.15, 0.2) is 192 Å². The largest absolute Gasteiger partial charge is 0.453 e. The first kappa shape index (κ1) is 26.8. The van der Waals surface area contributed by atoms with E-state index in [0.717, 1.165) is 55.1 Å². The molecule has 2 nitrogen and oxygen atoms in total. The molecule has 9 aromatic carbocycles. The van der Waals surface area contributed by atoms with Gasteiger partial charge in [-0.1, -0.05) is 171 Å². The third kappa shape index (κ3) is 4.74. The molecule has 11 rings (SSSR count). The van der Waals surface area contributed by atoms with Gasteiger partial charge in [0, 0.05) is 32.9 Å². The maximum absolute atomic E-state index is 9.15. The van der Waals surface area contributed by atoms with Gasteiger partial charge < -0.3 is 9.32 Å². The van der Waals surface area contributed by atoms with E-state index in [1.54, 1.807) is 0 Å². The molecule has 55 heavy (non-hydrogen) atoms. The van der Waals surface area contributed by atoms with Crippen molar-refractivity contribution in [3.05, 3.63) is 199 Å². The molecule has 0 aliphatic heterocycles. The zero-order valence-corrected chi connectivity index (χ0v) is 30.4. The molecule has 0 atom stereocenters. The van der Waals surface area contributed by atoms with E-state index in [1.807, 2.05) is 54.6 Å². The third-order valence-corrected chi connectivity index (χ3v) is 11.5. The van der Waals surface area contributed by atoms with Crippen LogP contribution in [0.5, 0.6) is 0 Å². The zero-order chi connectivity index (χ0) is 41.0. The molecule has 0 radical (unpaired) electrons. The Morgan fingerprint density at radius 2 is 1.05 bits per heavy atom. The Labute approximate surface area is 327 Å². The lowest BCUT2D eigenvalue weighted by molar-refractivity contribution is 0.660. The summed E-state index contributed by atoms with van der Waals surface area (Å²) in [4.78, 5) is 2.23. The van der Waals surface area contributed by atoms with Crippen molar-refractivity contribution < 1.29 is 11.3 Å². The molecule has 0 saturated carbocycles. The number of furan rings is 1. The van der Waals surface area contributed by atoms with Gasteiger partial charge in [-0.05, 0) is 91.0 Å². The summed E-state index contributed by atoms with van der Waals surface area (Å²) < 4.78 is 51.3. The van der Waals surface area contributed by atoms with E-state index in [0.29, 0.717) is 22.1 Å². The Morgan fingerprint density at radius 3 is 1.84 bits per heavy atom. The molecule has 0 N–H and O–H groups in total. The van der Waals surface area contributed by atoms with Gasteiger partial charge in [-0.3, -0.25) is 0 Å². The Hall–Kier alpha value is -6.90. The average Bonchev–Trinajstić information content (AvgIpc) is 3.80. The van der Waals surface area contributed by atoms with Gasteiger partial charge in [0.1, 0.15) is 5.58 Å². The van der Waals surface area contributed by atoms with E-state index in [-0.39, 0.29) is 35.1 Å². The normalized spacial score (nSPS) is 14.3. The average molecular weight is 709 g/mol. The smallest absolute Gasteiger partial charge is 0.160 e. The number of anilines is 3. The zero-order valence-electron chi connectivity index (χ0n) is 35.4. The summed E-state index contributed by atoms with van der Waals surface area (Å²) in [6, 6.07) is 52.8. The molecule has 0 unspecified atom stereocenters. The highest BCUT2D eigenvalue weighted by atomic mass is 16.3. The van der Waals surface area contributed by atoms with Crippen LogP contribution in [-0.4, -0.2) is 0 Å². The van der Waals surface area contributed by atoms with Crippen LogP contribution in [0.25, 0.3) is 76.9 Å². The Morgan fingerprint density at radius 1 is 0.455 bits per heavy atom. The lowest BCUT2D eigenvalue weighted by Gasteiger charge is -2.28. The topological polar surface area (TPSA) is 16.4 Å². The van der Waals surface area contributed by atoms with E-state index in [1.165, 1.54) is 22.3 Å². The molecule has 0 spiro atoms. The number of benzene rings is 9. The molecular formula is C53H37NO. The van der Waals surface area contributed by atoms with Gasteiger partial charge in [-0.25, -0.2) is 0 Å². The summed E-state index contributed by atoms with van der Waals surface area (Å²) in [5.74, 6) is 0. The molecule has 2 heteroatoms. The van der Waals surface area contributed by atoms with Crippen LogP contribution in [0.4, 0.5) is 17.1 Å². The molecule has 0 fully saturated rings. The third-order valence-electron chi connectivity index (χ3n) is 11.5. The summed E-state index contributed by atoms with van der Waals surface area (Å²) in [6.45, 7) is 4.56. The van der Waals surface area contributed by atoms with Gasteiger partial charge in [0.2, 0.25) is 0 Å². The van der Waals surface area contributed by atoms with Crippen molar-refractivity contribution in [2.45, 2.75) is 19.3 Å². The second-order valence-electron chi connectivity index (χ2n) is 14.9. The Balaban J connectivity index is 1.26. The lowest BCUT2D eigenvalue weighted by atomic mass is 9.82. The maximum Gasteiger partial charge on any atom is 0.160 e. The first-order chi connectivity index (χ1) is 29.1. The van der Waals surface area contributed by atoms with Crippen molar-refractivity contribution in [2.24, 2.45) is 0 Å². The van der Waals surface area contributed by atoms with Crippen molar-refractivity contribution in [3.63, 3.8) is 0 Å². The van der Waals surface area contributed by atoms with Crippen LogP contribution in [0.1, 0.15) is 31.8 Å². The fourth-order valence-electron chi connectivity index (χ4n) is 8.95. The SMILES string of the molecule is [2H]c1c([2H])c([2H])c(-c2ccc(N(c3ccc(-c4ccccc4)cc3)c3ccc4c(c3)C(C)(C)c3ccccc3-4)c3oc4c5ccccc5c5ccccc5c4c23)c([2H])c1[2H]. The van der Waals surface area contributed by atoms with Crippen LogP contribution in [0.3, 0.4) is 0 Å². The van der Waals surface area contributed by atoms with E-state index in [4.69, 9.17) is 11.3 Å². The van der Waals surface area contributed by atoms with Crippen LogP contribution < -0.4 is 4.90 Å². The minimum Gasteiger partial charge on any atom is -0.453 e. The van der Waals surface area contributed by atoms with Crippen LogP contribution in [-0.2, 0) is 5.41 Å². The van der Waals surface area contributed by atoms with E-state index >= 15 is 0 Å². The van der Waals surface area contributed by atoms with Gasteiger partial charge in [0.15, 0.2) is 5.58 Å². The number of hydrogen-bond donors (Lipinski definition) is 0. The summed E-state index contributed by atoms with van der Waals surface area (Å²) in [6.07, 6.45) is 0. The van der Waals surface area contributed by atoms with Crippen molar-refractivity contribution in [3.8, 4) is 33.4 Å². The first-order valence-corrected chi connectivity index (χ1v) is 18.7. The predicted octanol–water partition coefficient (Wildman–Crippen LogP) is 15.0. The number of fused-ring (bicyclic) bond motifs is 11.